The lowest BCUT2D eigenvalue weighted by Crippen LogP contribution is -2.09. The third kappa shape index (κ3) is 3.93. The normalized spacial score (nSPS) is 12.8. The topological polar surface area (TPSA) is 60.2 Å². The lowest BCUT2D eigenvalue weighted by molar-refractivity contribution is 0.227. The molecule has 0 spiro atoms. The molecule has 0 amide bonds. The molecule has 6 heteroatoms. The summed E-state index contributed by atoms with van der Waals surface area (Å²) in [5, 5.41) is 3.51. The maximum Gasteiger partial charge on any atom is 0.166 e. The molecule has 1 aromatic carbocycles. The lowest BCUT2D eigenvalue weighted by atomic mass is 10.1. The Bertz CT molecular complexity index is 734. The molecule has 1 unspecified atom stereocenters. The van der Waals surface area contributed by atoms with E-state index in [0.29, 0.717) is 16.3 Å². The standard InChI is InChI=1S/C17H19ClFN3O/c1-4-15(21-3)11-7-16(17(20)22-9-11)23-10(2)13-8-12(19)5-6-14(13)18/h4-10,21H,1-3H3,(H2,20,22)/b15-4-. The molecule has 0 saturated heterocycles. The van der Waals surface area contributed by atoms with E-state index in [1.54, 1.807) is 19.2 Å². The number of halogens is 2. The number of anilines is 1. The molecule has 2 aromatic rings. The van der Waals surface area contributed by atoms with Gasteiger partial charge in [-0.2, -0.15) is 0 Å². The van der Waals surface area contributed by atoms with Gasteiger partial charge in [0.25, 0.3) is 0 Å². The van der Waals surface area contributed by atoms with Gasteiger partial charge in [0, 0.05) is 35.1 Å². The molecular weight excluding hydrogens is 317 g/mol. The lowest BCUT2D eigenvalue weighted by Gasteiger charge is -2.18. The van der Waals surface area contributed by atoms with Crippen LogP contribution in [0.2, 0.25) is 5.02 Å². The van der Waals surface area contributed by atoms with Gasteiger partial charge in [0.1, 0.15) is 11.9 Å². The van der Waals surface area contributed by atoms with Crippen molar-refractivity contribution in [1.82, 2.24) is 10.3 Å². The van der Waals surface area contributed by atoms with Crippen LogP contribution in [0.1, 0.15) is 31.1 Å². The molecular formula is C17H19ClFN3O. The van der Waals surface area contributed by atoms with E-state index in [-0.39, 0.29) is 11.6 Å². The van der Waals surface area contributed by atoms with Crippen LogP contribution in [0.25, 0.3) is 5.70 Å². The van der Waals surface area contributed by atoms with Crippen molar-refractivity contribution in [1.29, 1.82) is 0 Å². The first-order chi connectivity index (χ1) is 11.0. The minimum Gasteiger partial charge on any atom is -0.482 e. The third-order valence-electron chi connectivity index (χ3n) is 3.45. The molecule has 3 N–H and O–H groups in total. The van der Waals surface area contributed by atoms with E-state index in [9.17, 15) is 4.39 Å². The molecule has 0 saturated carbocycles. The second-order valence-corrected chi connectivity index (χ2v) is 5.39. The monoisotopic (exact) mass is 335 g/mol. The number of nitrogens with two attached hydrogens (primary N) is 1. The Labute approximate surface area is 140 Å². The molecule has 0 aliphatic carbocycles. The highest BCUT2D eigenvalue weighted by atomic mass is 35.5. The summed E-state index contributed by atoms with van der Waals surface area (Å²) in [7, 11) is 1.82. The van der Waals surface area contributed by atoms with Crippen LogP contribution in [0, 0.1) is 5.82 Å². The SMILES string of the molecule is C/C=C(\NC)c1cnc(N)c(OC(C)c2cc(F)ccc2Cl)c1. The Hall–Kier alpha value is -2.27. The van der Waals surface area contributed by atoms with Crippen LogP contribution < -0.4 is 15.8 Å². The van der Waals surface area contributed by atoms with Crippen LogP contribution in [-0.2, 0) is 0 Å². The first-order valence-corrected chi connectivity index (χ1v) is 7.55. The number of nitrogen functional groups attached to an aromatic ring is 1. The van der Waals surface area contributed by atoms with Crippen molar-refractivity contribution in [2.45, 2.75) is 20.0 Å². The van der Waals surface area contributed by atoms with Gasteiger partial charge in [-0.3, -0.25) is 0 Å². The van der Waals surface area contributed by atoms with Gasteiger partial charge in [-0.1, -0.05) is 17.7 Å². The predicted molar refractivity (Wildman–Crippen MR) is 91.8 cm³/mol. The molecule has 23 heavy (non-hydrogen) atoms. The van der Waals surface area contributed by atoms with E-state index < -0.39 is 6.10 Å². The van der Waals surface area contributed by atoms with E-state index >= 15 is 0 Å². The average molecular weight is 336 g/mol. The minimum absolute atomic E-state index is 0.264. The van der Waals surface area contributed by atoms with Crippen molar-refractivity contribution in [2.75, 3.05) is 12.8 Å². The zero-order valence-electron chi connectivity index (χ0n) is 13.2. The van der Waals surface area contributed by atoms with Gasteiger partial charge in [-0.15, -0.1) is 0 Å². The quantitative estimate of drug-likeness (QED) is 0.860. The van der Waals surface area contributed by atoms with Crippen LogP contribution in [0.3, 0.4) is 0 Å². The number of rotatable bonds is 5. The van der Waals surface area contributed by atoms with Crippen molar-refractivity contribution in [3.05, 3.63) is 58.5 Å². The number of nitrogens with one attached hydrogen (secondary N) is 1. The second kappa shape index (κ2) is 7.33. The summed E-state index contributed by atoms with van der Waals surface area (Å²) in [5.74, 6) is 0.315. The summed E-state index contributed by atoms with van der Waals surface area (Å²) in [6.45, 7) is 3.69. The summed E-state index contributed by atoms with van der Waals surface area (Å²) < 4.78 is 19.3. The zero-order valence-corrected chi connectivity index (χ0v) is 14.0. The molecule has 4 nitrogen and oxygen atoms in total. The fourth-order valence-electron chi connectivity index (χ4n) is 2.23. The largest absolute Gasteiger partial charge is 0.482 e. The summed E-state index contributed by atoms with van der Waals surface area (Å²) in [5.41, 5.74) is 8.18. The maximum absolute atomic E-state index is 13.4. The Morgan fingerprint density at radius 1 is 1.43 bits per heavy atom. The molecule has 0 radical (unpaired) electrons. The number of hydrogen-bond acceptors (Lipinski definition) is 4. The van der Waals surface area contributed by atoms with Gasteiger partial charge in [-0.05, 0) is 38.1 Å². The first kappa shape index (κ1) is 17.1. The van der Waals surface area contributed by atoms with Crippen LogP contribution in [0.15, 0.2) is 36.5 Å². The molecule has 0 aliphatic rings. The van der Waals surface area contributed by atoms with Gasteiger partial charge in [-0.25, -0.2) is 9.37 Å². The average Bonchev–Trinajstić information content (AvgIpc) is 2.53. The number of aromatic nitrogens is 1. The van der Waals surface area contributed by atoms with Crippen LogP contribution in [0.4, 0.5) is 10.2 Å². The summed E-state index contributed by atoms with van der Waals surface area (Å²) in [4.78, 5) is 4.15. The molecule has 0 fully saturated rings. The van der Waals surface area contributed by atoms with Gasteiger partial charge in [0.05, 0.1) is 0 Å². The Morgan fingerprint density at radius 2 is 2.17 bits per heavy atom. The van der Waals surface area contributed by atoms with E-state index in [1.807, 2.05) is 20.0 Å². The van der Waals surface area contributed by atoms with Gasteiger partial charge < -0.3 is 15.8 Å². The second-order valence-electron chi connectivity index (χ2n) is 4.99. The number of allylic oxidation sites excluding steroid dienone is 1. The highest BCUT2D eigenvalue weighted by molar-refractivity contribution is 6.31. The van der Waals surface area contributed by atoms with Crippen molar-refractivity contribution >= 4 is 23.1 Å². The molecule has 1 atom stereocenters. The van der Waals surface area contributed by atoms with E-state index in [2.05, 4.69) is 10.3 Å². The van der Waals surface area contributed by atoms with Crippen molar-refractivity contribution < 1.29 is 9.13 Å². The Kier molecular flexibility index (Phi) is 5.45. The summed E-state index contributed by atoms with van der Waals surface area (Å²) in [6, 6.07) is 5.95. The van der Waals surface area contributed by atoms with E-state index in [1.165, 1.54) is 18.2 Å². The van der Waals surface area contributed by atoms with E-state index in [0.717, 1.165) is 11.3 Å². The highest BCUT2D eigenvalue weighted by Gasteiger charge is 2.15. The zero-order chi connectivity index (χ0) is 17.0. The fraction of sp³-hybridized carbons (Fsp3) is 0.235. The summed E-state index contributed by atoms with van der Waals surface area (Å²) >= 11 is 6.11. The van der Waals surface area contributed by atoms with Crippen molar-refractivity contribution in [3.8, 4) is 5.75 Å². The molecule has 122 valence electrons. The van der Waals surface area contributed by atoms with Crippen LogP contribution in [-0.4, -0.2) is 12.0 Å². The Balaban J connectivity index is 2.32. The van der Waals surface area contributed by atoms with Crippen LogP contribution in [0.5, 0.6) is 5.75 Å². The first-order valence-electron chi connectivity index (χ1n) is 7.17. The molecule has 2 rings (SSSR count). The minimum atomic E-state index is -0.471. The highest BCUT2D eigenvalue weighted by Crippen LogP contribution is 2.31. The number of pyridine rings is 1. The van der Waals surface area contributed by atoms with Crippen molar-refractivity contribution in [2.24, 2.45) is 0 Å². The summed E-state index contributed by atoms with van der Waals surface area (Å²) in [6.07, 6.45) is 3.11. The number of hydrogen-bond donors (Lipinski definition) is 2. The smallest absolute Gasteiger partial charge is 0.166 e. The molecule has 0 aliphatic heterocycles. The number of nitrogens with zero attached hydrogens (tertiary/aromatic N) is 1. The van der Waals surface area contributed by atoms with E-state index in [4.69, 9.17) is 22.1 Å². The predicted octanol–water partition coefficient (Wildman–Crippen LogP) is 4.18. The van der Waals surface area contributed by atoms with Gasteiger partial charge in [0.15, 0.2) is 11.6 Å². The maximum atomic E-state index is 13.4. The third-order valence-corrected chi connectivity index (χ3v) is 3.79. The number of benzene rings is 1. The van der Waals surface area contributed by atoms with Crippen LogP contribution >= 0.6 is 11.6 Å². The fourth-order valence-corrected chi connectivity index (χ4v) is 2.50. The molecule has 1 heterocycles. The van der Waals surface area contributed by atoms with Crippen molar-refractivity contribution in [3.63, 3.8) is 0 Å². The van der Waals surface area contributed by atoms with Gasteiger partial charge in [0.2, 0.25) is 0 Å². The molecule has 0 bridgehead atoms. The number of ether oxygens (including phenoxy) is 1. The van der Waals surface area contributed by atoms with Gasteiger partial charge >= 0.3 is 0 Å². The molecule has 1 aromatic heterocycles. The Morgan fingerprint density at radius 3 is 2.83 bits per heavy atom.